The lowest BCUT2D eigenvalue weighted by Gasteiger charge is -2.19. The van der Waals surface area contributed by atoms with Crippen LogP contribution in [0.2, 0.25) is 0 Å². The molecule has 0 radical (unpaired) electrons. The van der Waals surface area contributed by atoms with Crippen molar-refractivity contribution in [3.8, 4) is 0 Å². The van der Waals surface area contributed by atoms with E-state index >= 15 is 0 Å². The van der Waals surface area contributed by atoms with Gasteiger partial charge in [0.2, 0.25) is 0 Å². The Kier molecular flexibility index (Phi) is 4.25. The number of halogens is 1. The molecule has 1 heterocycles. The Hall–Kier alpha value is -0.640. The third kappa shape index (κ3) is 2.68. The van der Waals surface area contributed by atoms with E-state index in [9.17, 15) is 0 Å². The molecule has 1 aromatic heterocycles. The zero-order chi connectivity index (χ0) is 13.3. The Morgan fingerprint density at radius 3 is 2.28 bits per heavy atom. The maximum Gasteiger partial charge on any atom is 0.0702 e. The highest BCUT2D eigenvalue weighted by Crippen LogP contribution is 2.33. The number of rotatable bonds is 3. The van der Waals surface area contributed by atoms with Crippen molar-refractivity contribution in [3.63, 3.8) is 0 Å². The van der Waals surface area contributed by atoms with Crippen molar-refractivity contribution in [1.29, 1.82) is 0 Å². The molecule has 0 bridgehead atoms. The second kappa shape index (κ2) is 5.55. The summed E-state index contributed by atoms with van der Waals surface area (Å²) in [6.45, 7) is 6.53. The first-order valence-corrected chi connectivity index (χ1v) is 7.64. The molecule has 1 atom stereocenters. The Morgan fingerprint density at radius 1 is 1.06 bits per heavy atom. The van der Waals surface area contributed by atoms with E-state index in [2.05, 4.69) is 66.3 Å². The predicted octanol–water partition coefficient (Wildman–Crippen LogP) is 4.74. The average Bonchev–Trinajstić information content (AvgIpc) is 2.73. The van der Waals surface area contributed by atoms with Crippen molar-refractivity contribution in [2.45, 2.75) is 26.8 Å². The van der Waals surface area contributed by atoms with Gasteiger partial charge >= 0.3 is 0 Å². The fraction of sp³-hybridized carbons (Fsp3) is 0.333. The third-order valence-corrected chi connectivity index (χ3v) is 5.05. The molecule has 0 saturated carbocycles. The van der Waals surface area contributed by atoms with Gasteiger partial charge in [-0.25, -0.2) is 0 Å². The number of hydrogen-bond donors (Lipinski definition) is 1. The molecule has 18 heavy (non-hydrogen) atoms. The van der Waals surface area contributed by atoms with E-state index in [1.165, 1.54) is 30.9 Å². The lowest BCUT2D eigenvalue weighted by Crippen LogP contribution is -2.17. The topological polar surface area (TPSA) is 12.0 Å². The van der Waals surface area contributed by atoms with Gasteiger partial charge in [-0.05, 0) is 78.1 Å². The highest BCUT2D eigenvalue weighted by molar-refractivity contribution is 9.11. The van der Waals surface area contributed by atoms with Gasteiger partial charge in [0.1, 0.15) is 0 Å². The summed E-state index contributed by atoms with van der Waals surface area (Å²) in [6.07, 6.45) is 0. The minimum absolute atomic E-state index is 0.278. The zero-order valence-electron chi connectivity index (χ0n) is 11.2. The van der Waals surface area contributed by atoms with Gasteiger partial charge in [-0.1, -0.05) is 12.1 Å². The van der Waals surface area contributed by atoms with Crippen LogP contribution in [0.5, 0.6) is 0 Å². The molecule has 2 rings (SSSR count). The van der Waals surface area contributed by atoms with Gasteiger partial charge in [0.05, 0.1) is 9.83 Å². The van der Waals surface area contributed by atoms with Gasteiger partial charge in [-0.2, -0.15) is 0 Å². The van der Waals surface area contributed by atoms with Gasteiger partial charge in [-0.15, -0.1) is 11.3 Å². The van der Waals surface area contributed by atoms with Crippen LogP contribution < -0.4 is 5.32 Å². The van der Waals surface area contributed by atoms with E-state index in [1.807, 2.05) is 7.05 Å². The van der Waals surface area contributed by atoms with E-state index in [0.29, 0.717) is 0 Å². The molecule has 0 saturated heterocycles. The second-order valence-electron chi connectivity index (χ2n) is 4.66. The van der Waals surface area contributed by atoms with Gasteiger partial charge in [0.25, 0.3) is 0 Å². The molecule has 0 spiro atoms. The molecular formula is C15H18BrNS. The van der Waals surface area contributed by atoms with Crippen molar-refractivity contribution < 1.29 is 0 Å². The quantitative estimate of drug-likeness (QED) is 0.859. The number of nitrogens with one attached hydrogen (secondary N) is 1. The highest BCUT2D eigenvalue weighted by Gasteiger charge is 2.16. The maximum atomic E-state index is 3.54. The molecule has 1 nitrogen and oxygen atoms in total. The summed E-state index contributed by atoms with van der Waals surface area (Å²) in [5.74, 6) is 0. The Balaban J connectivity index is 2.48. The Labute approximate surface area is 121 Å². The summed E-state index contributed by atoms with van der Waals surface area (Å²) in [4.78, 5) is 1.34. The molecular weight excluding hydrogens is 306 g/mol. The molecule has 0 aliphatic carbocycles. The van der Waals surface area contributed by atoms with Crippen LogP contribution in [-0.2, 0) is 0 Å². The van der Waals surface area contributed by atoms with Crippen LogP contribution >= 0.6 is 27.3 Å². The average molecular weight is 324 g/mol. The van der Waals surface area contributed by atoms with E-state index in [-0.39, 0.29) is 6.04 Å². The summed E-state index contributed by atoms with van der Waals surface area (Å²) >= 11 is 5.33. The van der Waals surface area contributed by atoms with E-state index < -0.39 is 0 Å². The normalized spacial score (nSPS) is 12.7. The molecule has 0 fully saturated rings. The zero-order valence-corrected chi connectivity index (χ0v) is 13.6. The SMILES string of the molecule is CNC(c1ccc(Br)s1)c1cc(C)c(C)cc1C. The number of aryl methyl sites for hydroxylation is 3. The van der Waals surface area contributed by atoms with Crippen molar-refractivity contribution in [3.05, 3.63) is 55.2 Å². The summed E-state index contributed by atoms with van der Waals surface area (Å²) in [7, 11) is 2.02. The monoisotopic (exact) mass is 323 g/mol. The highest BCUT2D eigenvalue weighted by atomic mass is 79.9. The third-order valence-electron chi connectivity index (χ3n) is 3.36. The van der Waals surface area contributed by atoms with Crippen LogP contribution in [0.1, 0.15) is 33.2 Å². The lowest BCUT2D eigenvalue weighted by atomic mass is 9.95. The molecule has 1 unspecified atom stereocenters. The first-order valence-electron chi connectivity index (χ1n) is 6.03. The molecule has 3 heteroatoms. The summed E-state index contributed by atoms with van der Waals surface area (Å²) in [6, 6.07) is 9.16. The van der Waals surface area contributed by atoms with Crippen molar-refractivity contribution in [2.24, 2.45) is 0 Å². The first-order chi connectivity index (χ1) is 8.52. The lowest BCUT2D eigenvalue weighted by molar-refractivity contribution is 0.698. The molecule has 2 aromatic rings. The minimum Gasteiger partial charge on any atom is -0.309 e. The molecule has 1 aromatic carbocycles. The fourth-order valence-electron chi connectivity index (χ4n) is 2.23. The minimum atomic E-state index is 0.278. The smallest absolute Gasteiger partial charge is 0.0702 e. The van der Waals surface area contributed by atoms with Crippen molar-refractivity contribution in [1.82, 2.24) is 5.32 Å². The molecule has 96 valence electrons. The molecule has 0 aliphatic rings. The van der Waals surface area contributed by atoms with Crippen LogP contribution in [0.4, 0.5) is 0 Å². The number of benzene rings is 1. The van der Waals surface area contributed by atoms with Crippen molar-refractivity contribution in [2.75, 3.05) is 7.05 Å². The van der Waals surface area contributed by atoms with Gasteiger partial charge in [0.15, 0.2) is 0 Å². The van der Waals surface area contributed by atoms with Gasteiger partial charge < -0.3 is 5.32 Å². The van der Waals surface area contributed by atoms with Crippen LogP contribution in [0.3, 0.4) is 0 Å². The maximum absolute atomic E-state index is 3.54. The van der Waals surface area contributed by atoms with Crippen molar-refractivity contribution >= 4 is 27.3 Å². The summed E-state index contributed by atoms with van der Waals surface area (Å²) in [5.41, 5.74) is 5.43. The van der Waals surface area contributed by atoms with Gasteiger partial charge in [-0.3, -0.25) is 0 Å². The van der Waals surface area contributed by atoms with Crippen LogP contribution in [0.15, 0.2) is 28.1 Å². The Bertz CT molecular complexity index is 560. The largest absolute Gasteiger partial charge is 0.309 e. The van der Waals surface area contributed by atoms with E-state index in [4.69, 9.17) is 0 Å². The molecule has 0 aliphatic heterocycles. The second-order valence-corrected chi connectivity index (χ2v) is 7.15. The van der Waals surface area contributed by atoms with E-state index in [1.54, 1.807) is 11.3 Å². The number of hydrogen-bond acceptors (Lipinski definition) is 2. The molecule has 0 amide bonds. The molecule has 1 N–H and O–H groups in total. The van der Waals surface area contributed by atoms with Crippen LogP contribution in [0, 0.1) is 20.8 Å². The summed E-state index contributed by atoms with van der Waals surface area (Å²) in [5, 5.41) is 3.43. The Morgan fingerprint density at radius 2 is 1.72 bits per heavy atom. The predicted molar refractivity (Wildman–Crippen MR) is 83.6 cm³/mol. The fourth-order valence-corrected chi connectivity index (χ4v) is 3.78. The number of thiophene rings is 1. The van der Waals surface area contributed by atoms with Crippen LogP contribution in [-0.4, -0.2) is 7.05 Å². The van der Waals surface area contributed by atoms with Gasteiger partial charge in [0, 0.05) is 4.88 Å². The standard InChI is InChI=1S/C15H18BrNS/c1-9-7-11(3)12(8-10(9)2)15(17-4)13-5-6-14(16)18-13/h5-8,15,17H,1-4H3. The summed E-state index contributed by atoms with van der Waals surface area (Å²) < 4.78 is 1.18. The van der Waals surface area contributed by atoms with Crippen LogP contribution in [0.25, 0.3) is 0 Å². The van der Waals surface area contributed by atoms with E-state index in [0.717, 1.165) is 0 Å². The first kappa shape index (κ1) is 13.8.